The summed E-state index contributed by atoms with van der Waals surface area (Å²) >= 11 is 5.08. The molecule has 0 saturated heterocycles. The SMILES string of the molecule is Cc1cccc(N(C)c2ccccc2C(N)=S)n1. The number of aromatic nitrogens is 1. The molecule has 2 rings (SSSR count). The number of pyridine rings is 1. The molecular weight excluding hydrogens is 242 g/mol. The zero-order valence-corrected chi connectivity index (χ0v) is 11.2. The molecule has 2 aromatic rings. The van der Waals surface area contributed by atoms with Gasteiger partial charge in [-0.2, -0.15) is 0 Å². The topological polar surface area (TPSA) is 42.1 Å². The van der Waals surface area contributed by atoms with Crippen molar-refractivity contribution in [2.75, 3.05) is 11.9 Å². The average molecular weight is 257 g/mol. The molecular formula is C14H15N3S. The molecule has 0 spiro atoms. The molecule has 0 unspecified atom stereocenters. The predicted octanol–water partition coefficient (Wildman–Crippen LogP) is 2.79. The van der Waals surface area contributed by atoms with Gasteiger partial charge >= 0.3 is 0 Å². The number of benzene rings is 1. The molecule has 1 aromatic carbocycles. The summed E-state index contributed by atoms with van der Waals surface area (Å²) in [5.41, 5.74) is 8.54. The fourth-order valence-corrected chi connectivity index (χ4v) is 1.99. The molecule has 0 aliphatic heterocycles. The van der Waals surface area contributed by atoms with Crippen molar-refractivity contribution in [2.24, 2.45) is 5.73 Å². The summed E-state index contributed by atoms with van der Waals surface area (Å²) in [6, 6.07) is 13.7. The minimum absolute atomic E-state index is 0.394. The Labute approximate surface area is 112 Å². The number of nitrogens with two attached hydrogens (primary N) is 1. The molecule has 0 saturated carbocycles. The maximum absolute atomic E-state index is 5.74. The molecule has 18 heavy (non-hydrogen) atoms. The Morgan fingerprint density at radius 1 is 1.17 bits per heavy atom. The van der Waals surface area contributed by atoms with Gasteiger partial charge in [0.15, 0.2) is 0 Å². The first-order valence-electron chi connectivity index (χ1n) is 5.66. The van der Waals surface area contributed by atoms with E-state index in [4.69, 9.17) is 18.0 Å². The van der Waals surface area contributed by atoms with E-state index in [9.17, 15) is 0 Å². The van der Waals surface area contributed by atoms with Crippen molar-refractivity contribution in [3.63, 3.8) is 0 Å². The monoisotopic (exact) mass is 257 g/mol. The second-order valence-electron chi connectivity index (χ2n) is 4.08. The Bertz CT molecular complexity index is 581. The number of nitrogens with zero attached hydrogens (tertiary/aromatic N) is 2. The quantitative estimate of drug-likeness (QED) is 0.859. The van der Waals surface area contributed by atoms with Crippen molar-refractivity contribution in [2.45, 2.75) is 6.92 Å². The van der Waals surface area contributed by atoms with Crippen LogP contribution in [0.4, 0.5) is 11.5 Å². The number of hydrogen-bond donors (Lipinski definition) is 1. The Hall–Kier alpha value is -1.94. The Morgan fingerprint density at radius 3 is 2.56 bits per heavy atom. The molecule has 0 atom stereocenters. The normalized spacial score (nSPS) is 10.1. The average Bonchev–Trinajstić information content (AvgIpc) is 2.38. The van der Waals surface area contributed by atoms with E-state index in [2.05, 4.69) is 4.98 Å². The molecule has 1 heterocycles. The number of rotatable bonds is 3. The second-order valence-corrected chi connectivity index (χ2v) is 4.52. The van der Waals surface area contributed by atoms with Crippen molar-refractivity contribution >= 4 is 28.7 Å². The van der Waals surface area contributed by atoms with Gasteiger partial charge in [0, 0.05) is 18.3 Å². The highest BCUT2D eigenvalue weighted by atomic mass is 32.1. The summed E-state index contributed by atoms with van der Waals surface area (Å²) in [7, 11) is 1.96. The highest BCUT2D eigenvalue weighted by Crippen LogP contribution is 2.25. The molecule has 92 valence electrons. The summed E-state index contributed by atoms with van der Waals surface area (Å²) in [6.45, 7) is 1.97. The van der Waals surface area contributed by atoms with Crippen LogP contribution in [0.1, 0.15) is 11.3 Å². The smallest absolute Gasteiger partial charge is 0.132 e. The second kappa shape index (κ2) is 5.14. The molecule has 3 nitrogen and oxygen atoms in total. The van der Waals surface area contributed by atoms with Gasteiger partial charge in [0.2, 0.25) is 0 Å². The zero-order chi connectivity index (χ0) is 13.1. The van der Waals surface area contributed by atoms with Crippen LogP contribution >= 0.6 is 12.2 Å². The van der Waals surface area contributed by atoms with Gasteiger partial charge in [-0.05, 0) is 31.2 Å². The third-order valence-electron chi connectivity index (χ3n) is 2.75. The molecule has 0 aliphatic carbocycles. The predicted molar refractivity (Wildman–Crippen MR) is 79.4 cm³/mol. The van der Waals surface area contributed by atoms with E-state index in [0.29, 0.717) is 4.99 Å². The van der Waals surface area contributed by atoms with E-state index in [-0.39, 0.29) is 0 Å². The molecule has 0 fully saturated rings. The maximum atomic E-state index is 5.74. The van der Waals surface area contributed by atoms with Gasteiger partial charge in [-0.15, -0.1) is 0 Å². The van der Waals surface area contributed by atoms with Crippen LogP contribution in [0.15, 0.2) is 42.5 Å². The van der Waals surface area contributed by atoms with Crippen LogP contribution in [-0.4, -0.2) is 17.0 Å². The van der Waals surface area contributed by atoms with Gasteiger partial charge in [0.25, 0.3) is 0 Å². The van der Waals surface area contributed by atoms with Crippen LogP contribution in [0.2, 0.25) is 0 Å². The fraction of sp³-hybridized carbons (Fsp3) is 0.143. The van der Waals surface area contributed by atoms with Gasteiger partial charge in [-0.1, -0.05) is 30.4 Å². The van der Waals surface area contributed by atoms with Gasteiger partial charge in [-0.25, -0.2) is 4.98 Å². The first-order chi connectivity index (χ1) is 8.59. The number of hydrogen-bond acceptors (Lipinski definition) is 3. The highest BCUT2D eigenvalue weighted by molar-refractivity contribution is 7.80. The largest absolute Gasteiger partial charge is 0.389 e. The molecule has 0 radical (unpaired) electrons. The third-order valence-corrected chi connectivity index (χ3v) is 2.97. The minimum Gasteiger partial charge on any atom is -0.389 e. The van der Waals surface area contributed by atoms with E-state index in [1.807, 2.05) is 61.3 Å². The third kappa shape index (κ3) is 2.49. The van der Waals surface area contributed by atoms with Crippen LogP contribution in [-0.2, 0) is 0 Å². The summed E-state index contributed by atoms with van der Waals surface area (Å²) in [5.74, 6) is 0.874. The van der Waals surface area contributed by atoms with Crippen molar-refractivity contribution in [3.8, 4) is 0 Å². The van der Waals surface area contributed by atoms with Gasteiger partial charge in [-0.3, -0.25) is 0 Å². The lowest BCUT2D eigenvalue weighted by Gasteiger charge is -2.21. The molecule has 0 amide bonds. The van der Waals surface area contributed by atoms with Crippen molar-refractivity contribution in [1.29, 1.82) is 0 Å². The van der Waals surface area contributed by atoms with Crippen molar-refractivity contribution < 1.29 is 0 Å². The lowest BCUT2D eigenvalue weighted by molar-refractivity contribution is 1.09. The Morgan fingerprint density at radius 2 is 1.89 bits per heavy atom. The molecule has 1 aromatic heterocycles. The first kappa shape index (κ1) is 12.5. The van der Waals surface area contributed by atoms with Crippen LogP contribution in [0.3, 0.4) is 0 Å². The molecule has 2 N–H and O–H groups in total. The van der Waals surface area contributed by atoms with E-state index in [1.165, 1.54) is 0 Å². The van der Waals surface area contributed by atoms with Crippen LogP contribution in [0, 0.1) is 6.92 Å². The summed E-state index contributed by atoms with van der Waals surface area (Å²) in [5, 5.41) is 0. The van der Waals surface area contributed by atoms with Crippen LogP contribution in [0.5, 0.6) is 0 Å². The Kier molecular flexibility index (Phi) is 3.58. The lowest BCUT2D eigenvalue weighted by atomic mass is 10.1. The molecule has 4 heteroatoms. The van der Waals surface area contributed by atoms with Gasteiger partial charge in [0.05, 0.1) is 5.69 Å². The molecule has 0 aliphatic rings. The van der Waals surface area contributed by atoms with Gasteiger partial charge in [0.1, 0.15) is 10.8 Å². The zero-order valence-electron chi connectivity index (χ0n) is 10.4. The lowest BCUT2D eigenvalue weighted by Crippen LogP contribution is -2.18. The van der Waals surface area contributed by atoms with E-state index >= 15 is 0 Å². The van der Waals surface area contributed by atoms with Crippen LogP contribution in [0.25, 0.3) is 0 Å². The fourth-order valence-electron chi connectivity index (χ4n) is 1.81. The van der Waals surface area contributed by atoms with Crippen LogP contribution < -0.4 is 10.6 Å². The standard InChI is InChI=1S/C14H15N3S/c1-10-6-5-9-13(16-10)17(2)12-8-4-3-7-11(12)14(15)18/h3-9H,1-2H3,(H2,15,18). The first-order valence-corrected chi connectivity index (χ1v) is 6.06. The number of thiocarbonyl (C=S) groups is 1. The van der Waals surface area contributed by atoms with Crippen molar-refractivity contribution in [1.82, 2.24) is 4.98 Å². The number of para-hydroxylation sites is 1. The maximum Gasteiger partial charge on any atom is 0.132 e. The highest BCUT2D eigenvalue weighted by Gasteiger charge is 2.11. The Balaban J connectivity index is 2.46. The molecule has 0 bridgehead atoms. The summed E-state index contributed by atoms with van der Waals surface area (Å²) in [4.78, 5) is 6.87. The summed E-state index contributed by atoms with van der Waals surface area (Å²) < 4.78 is 0. The number of anilines is 2. The van der Waals surface area contributed by atoms with E-state index in [0.717, 1.165) is 22.8 Å². The van der Waals surface area contributed by atoms with Gasteiger partial charge < -0.3 is 10.6 Å². The minimum atomic E-state index is 0.394. The summed E-state index contributed by atoms with van der Waals surface area (Å²) in [6.07, 6.45) is 0. The van der Waals surface area contributed by atoms with E-state index < -0.39 is 0 Å². The van der Waals surface area contributed by atoms with Crippen molar-refractivity contribution in [3.05, 3.63) is 53.7 Å². The van der Waals surface area contributed by atoms with E-state index in [1.54, 1.807) is 0 Å². The number of aryl methyl sites for hydroxylation is 1.